The second-order valence-electron chi connectivity index (χ2n) is 4.13. The molecule has 0 amide bonds. The van der Waals surface area contributed by atoms with Gasteiger partial charge in [-0.1, -0.05) is 0 Å². The van der Waals surface area contributed by atoms with Crippen molar-refractivity contribution < 1.29 is 14.9 Å². The van der Waals surface area contributed by atoms with Crippen LogP contribution in [0.2, 0.25) is 0 Å². The Kier molecular flexibility index (Phi) is 3.78. The summed E-state index contributed by atoms with van der Waals surface area (Å²) < 4.78 is 6.66. The molecule has 19 heavy (non-hydrogen) atoms. The molecule has 0 bridgehead atoms. The molecule has 1 aromatic heterocycles. The smallest absolute Gasteiger partial charge is 0.351 e. The topological polar surface area (TPSA) is 111 Å². The minimum absolute atomic E-state index is 0.0810. The van der Waals surface area contributed by atoms with Crippen molar-refractivity contribution in [1.29, 1.82) is 0 Å². The Morgan fingerprint density at radius 2 is 2.47 bits per heavy atom. The number of anilines is 1. The standard InChI is InChI=1S/C11H12ClN3O4/c12-3-2-11(6-16)7(17)5-9(19-11)15-4-1-8(13)14-10(15)18/h1,4,7,9,16-17H,5-6H2,(H2,13,14,18)/t7-,9+,11+/m0/s1. The highest BCUT2D eigenvalue weighted by molar-refractivity contribution is 6.30. The van der Waals surface area contributed by atoms with Crippen molar-refractivity contribution in [2.75, 3.05) is 12.3 Å². The predicted octanol–water partition coefficient (Wildman–Crippen LogP) is -0.964. The van der Waals surface area contributed by atoms with Crippen molar-refractivity contribution in [3.8, 4) is 11.3 Å². The van der Waals surface area contributed by atoms with Crippen LogP contribution in [0.5, 0.6) is 0 Å². The van der Waals surface area contributed by atoms with Gasteiger partial charge in [-0.15, -0.1) is 0 Å². The molecule has 0 saturated carbocycles. The van der Waals surface area contributed by atoms with Gasteiger partial charge in [0.2, 0.25) is 0 Å². The number of aliphatic hydroxyl groups is 2. The first-order valence-electron chi connectivity index (χ1n) is 5.46. The van der Waals surface area contributed by atoms with Gasteiger partial charge in [0.1, 0.15) is 18.1 Å². The number of nitrogen functional groups attached to an aromatic ring is 1. The average Bonchev–Trinajstić information content (AvgIpc) is 2.67. The lowest BCUT2D eigenvalue weighted by Crippen LogP contribution is -2.41. The summed E-state index contributed by atoms with van der Waals surface area (Å²) in [5.74, 6) is 2.51. The lowest BCUT2D eigenvalue weighted by atomic mass is 9.99. The van der Waals surface area contributed by atoms with Gasteiger partial charge in [-0.2, -0.15) is 4.98 Å². The Morgan fingerprint density at radius 3 is 3.05 bits per heavy atom. The molecule has 1 aliphatic heterocycles. The Labute approximate surface area is 113 Å². The monoisotopic (exact) mass is 285 g/mol. The molecule has 2 rings (SSSR count). The summed E-state index contributed by atoms with van der Waals surface area (Å²) in [5, 5.41) is 21.3. The van der Waals surface area contributed by atoms with E-state index >= 15 is 0 Å². The maximum Gasteiger partial charge on any atom is 0.351 e. The van der Waals surface area contributed by atoms with E-state index in [1.54, 1.807) is 0 Å². The zero-order valence-corrected chi connectivity index (χ0v) is 10.5. The summed E-state index contributed by atoms with van der Waals surface area (Å²) in [6.07, 6.45) is -0.375. The Morgan fingerprint density at radius 1 is 1.74 bits per heavy atom. The van der Waals surface area contributed by atoms with E-state index in [1.165, 1.54) is 16.8 Å². The van der Waals surface area contributed by atoms with Crippen molar-refractivity contribution >= 4 is 17.4 Å². The first-order chi connectivity index (χ1) is 9.02. The molecule has 102 valence electrons. The van der Waals surface area contributed by atoms with E-state index in [0.717, 1.165) is 0 Å². The van der Waals surface area contributed by atoms with Crippen molar-refractivity contribution in [3.05, 3.63) is 22.7 Å². The Bertz CT molecular complexity index is 594. The first-order valence-corrected chi connectivity index (χ1v) is 5.84. The maximum atomic E-state index is 11.7. The Balaban J connectivity index is 2.34. The molecule has 8 heteroatoms. The van der Waals surface area contributed by atoms with Gasteiger partial charge in [-0.25, -0.2) is 4.79 Å². The highest BCUT2D eigenvalue weighted by Gasteiger charge is 2.48. The van der Waals surface area contributed by atoms with Crippen LogP contribution < -0.4 is 11.4 Å². The lowest BCUT2D eigenvalue weighted by Gasteiger charge is -2.23. The van der Waals surface area contributed by atoms with E-state index in [4.69, 9.17) is 22.1 Å². The van der Waals surface area contributed by atoms with E-state index in [-0.39, 0.29) is 12.2 Å². The number of nitrogens with two attached hydrogens (primary N) is 1. The second-order valence-corrected chi connectivity index (χ2v) is 4.32. The van der Waals surface area contributed by atoms with Crippen LogP contribution in [0.25, 0.3) is 0 Å². The van der Waals surface area contributed by atoms with E-state index in [1.807, 2.05) is 0 Å². The van der Waals surface area contributed by atoms with E-state index in [0.29, 0.717) is 0 Å². The van der Waals surface area contributed by atoms with Gasteiger partial charge in [0.05, 0.1) is 6.61 Å². The van der Waals surface area contributed by atoms with Crippen LogP contribution >= 0.6 is 11.6 Å². The van der Waals surface area contributed by atoms with E-state index in [9.17, 15) is 15.0 Å². The van der Waals surface area contributed by atoms with Gasteiger partial charge in [0.25, 0.3) is 0 Å². The fraction of sp³-hybridized carbons (Fsp3) is 0.455. The zero-order valence-electron chi connectivity index (χ0n) is 9.78. The molecule has 0 radical (unpaired) electrons. The van der Waals surface area contributed by atoms with Crippen LogP contribution in [0.15, 0.2) is 17.1 Å². The minimum atomic E-state index is -1.49. The summed E-state index contributed by atoms with van der Waals surface area (Å²) >= 11 is 5.30. The summed E-state index contributed by atoms with van der Waals surface area (Å²) in [7, 11) is 0. The SMILES string of the molecule is Nc1ccn([C@H]2C[C@H](O)[C@@](C#CCl)(CO)O2)c(=O)n1. The van der Waals surface area contributed by atoms with Crippen LogP contribution in [0.1, 0.15) is 12.6 Å². The molecule has 2 heterocycles. The minimum Gasteiger partial charge on any atom is -0.392 e. The molecule has 4 N–H and O–H groups in total. The third-order valence-electron chi connectivity index (χ3n) is 2.97. The molecule has 0 spiro atoms. The largest absolute Gasteiger partial charge is 0.392 e. The summed E-state index contributed by atoms with van der Waals surface area (Å²) in [6, 6.07) is 1.43. The third kappa shape index (κ3) is 2.43. The summed E-state index contributed by atoms with van der Waals surface area (Å²) in [6.45, 7) is -0.540. The molecule has 1 aliphatic rings. The molecule has 1 aromatic rings. The number of ether oxygens (including phenoxy) is 1. The summed E-state index contributed by atoms with van der Waals surface area (Å²) in [5.41, 5.74) is 3.29. The number of nitrogens with zero attached hydrogens (tertiary/aromatic N) is 2. The fourth-order valence-electron chi connectivity index (χ4n) is 1.94. The summed E-state index contributed by atoms with van der Waals surface area (Å²) in [4.78, 5) is 15.2. The third-order valence-corrected chi connectivity index (χ3v) is 3.06. The van der Waals surface area contributed by atoms with Crippen LogP contribution in [0.3, 0.4) is 0 Å². The van der Waals surface area contributed by atoms with Gasteiger partial charge in [0, 0.05) is 18.0 Å². The van der Waals surface area contributed by atoms with Gasteiger partial charge in [0.15, 0.2) is 5.60 Å². The quantitative estimate of drug-likeness (QED) is 0.603. The van der Waals surface area contributed by atoms with Gasteiger partial charge >= 0.3 is 5.69 Å². The predicted molar refractivity (Wildman–Crippen MR) is 67.1 cm³/mol. The first kappa shape index (κ1) is 13.8. The van der Waals surface area contributed by atoms with Crippen molar-refractivity contribution in [3.63, 3.8) is 0 Å². The molecule has 0 unspecified atom stereocenters. The van der Waals surface area contributed by atoms with Crippen LogP contribution in [0.4, 0.5) is 5.82 Å². The Hall–Kier alpha value is -1.59. The van der Waals surface area contributed by atoms with Gasteiger partial charge in [-0.05, 0) is 23.6 Å². The molecule has 1 fully saturated rings. The van der Waals surface area contributed by atoms with Crippen molar-refractivity contribution in [2.45, 2.75) is 24.4 Å². The molecular weight excluding hydrogens is 274 g/mol. The molecule has 3 atom stereocenters. The highest BCUT2D eigenvalue weighted by atomic mass is 35.5. The number of aromatic nitrogens is 2. The molecule has 0 aliphatic carbocycles. The van der Waals surface area contributed by atoms with E-state index in [2.05, 4.69) is 16.3 Å². The molecule has 0 aromatic carbocycles. The van der Waals surface area contributed by atoms with Crippen LogP contribution in [-0.4, -0.2) is 38.1 Å². The number of halogens is 1. The van der Waals surface area contributed by atoms with Crippen LogP contribution in [-0.2, 0) is 4.74 Å². The maximum absolute atomic E-state index is 11.7. The highest BCUT2D eigenvalue weighted by Crippen LogP contribution is 2.35. The van der Waals surface area contributed by atoms with Crippen molar-refractivity contribution in [2.24, 2.45) is 0 Å². The van der Waals surface area contributed by atoms with Gasteiger partial charge < -0.3 is 20.7 Å². The van der Waals surface area contributed by atoms with Gasteiger partial charge in [-0.3, -0.25) is 4.57 Å². The molecule has 1 saturated heterocycles. The number of hydrogen-bond donors (Lipinski definition) is 3. The second kappa shape index (κ2) is 5.19. The number of aliphatic hydroxyl groups excluding tert-OH is 2. The number of hydrogen-bond acceptors (Lipinski definition) is 6. The fourth-order valence-corrected chi connectivity index (χ4v) is 2.10. The van der Waals surface area contributed by atoms with Crippen LogP contribution in [0, 0.1) is 11.3 Å². The average molecular weight is 286 g/mol. The van der Waals surface area contributed by atoms with Crippen molar-refractivity contribution in [1.82, 2.24) is 9.55 Å². The lowest BCUT2D eigenvalue weighted by molar-refractivity contribution is -0.0912. The zero-order chi connectivity index (χ0) is 14.0. The van der Waals surface area contributed by atoms with E-state index < -0.39 is 30.2 Å². The normalized spacial score (nSPS) is 29.8. The molecule has 7 nitrogen and oxygen atoms in total. The molecular formula is C11H12ClN3O4. The number of rotatable bonds is 2.